The highest BCUT2D eigenvalue weighted by atomic mass is 16.7. The molecule has 0 fully saturated rings. The van der Waals surface area contributed by atoms with Gasteiger partial charge in [0, 0.05) is 26.8 Å². The second-order valence-electron chi connectivity index (χ2n) is 4.67. The Labute approximate surface area is 117 Å². The third-order valence-corrected chi connectivity index (χ3v) is 2.99. The highest BCUT2D eigenvalue weighted by Crippen LogP contribution is 2.32. The van der Waals surface area contributed by atoms with Gasteiger partial charge in [-0.3, -0.25) is 0 Å². The second kappa shape index (κ2) is 5.24. The molecule has 6 nitrogen and oxygen atoms in total. The van der Waals surface area contributed by atoms with Crippen LogP contribution in [0.25, 0.3) is 0 Å². The van der Waals surface area contributed by atoms with Crippen LogP contribution in [0.2, 0.25) is 0 Å². The van der Waals surface area contributed by atoms with Crippen LogP contribution >= 0.6 is 0 Å². The fourth-order valence-corrected chi connectivity index (χ4v) is 1.92. The van der Waals surface area contributed by atoms with E-state index in [1.807, 2.05) is 43.3 Å². The number of hydrogen-bond donors (Lipinski definition) is 1. The Morgan fingerprint density at radius 2 is 2.05 bits per heavy atom. The lowest BCUT2D eigenvalue weighted by Crippen LogP contribution is -2.12. The number of ether oxygens (including phenoxy) is 2. The van der Waals surface area contributed by atoms with Crippen LogP contribution in [0, 0.1) is 0 Å². The van der Waals surface area contributed by atoms with E-state index in [1.54, 1.807) is 6.20 Å². The van der Waals surface area contributed by atoms with Gasteiger partial charge in [0.25, 0.3) is 0 Å². The maximum absolute atomic E-state index is 5.35. The largest absolute Gasteiger partial charge is 0.454 e. The van der Waals surface area contributed by atoms with Gasteiger partial charge in [-0.25, -0.2) is 4.98 Å². The van der Waals surface area contributed by atoms with Gasteiger partial charge in [-0.1, -0.05) is 6.07 Å². The normalized spacial score (nSPS) is 12.3. The van der Waals surface area contributed by atoms with Crippen LogP contribution in [0.3, 0.4) is 0 Å². The van der Waals surface area contributed by atoms with E-state index in [2.05, 4.69) is 15.3 Å². The minimum atomic E-state index is 0.292. The Kier molecular flexibility index (Phi) is 3.28. The molecule has 0 amide bonds. The standard InChI is InChI=1S/C14H16N4O2/c1-18(2)13-5-6-15-14(17-13)16-8-10-3-4-11-12(7-10)20-9-19-11/h3-7H,8-9H2,1-2H3,(H,15,16,17). The SMILES string of the molecule is CN(C)c1ccnc(NCc2ccc3c(c2)OCO3)n1. The summed E-state index contributed by atoms with van der Waals surface area (Å²) in [6, 6.07) is 7.74. The van der Waals surface area contributed by atoms with E-state index in [-0.39, 0.29) is 0 Å². The molecule has 0 bridgehead atoms. The summed E-state index contributed by atoms with van der Waals surface area (Å²) in [6.45, 7) is 0.924. The molecule has 104 valence electrons. The number of nitrogens with one attached hydrogen (secondary N) is 1. The number of aromatic nitrogens is 2. The van der Waals surface area contributed by atoms with Crippen molar-refractivity contribution in [3.05, 3.63) is 36.0 Å². The molecule has 0 saturated carbocycles. The summed E-state index contributed by atoms with van der Waals surface area (Å²) in [5.41, 5.74) is 1.09. The van der Waals surface area contributed by atoms with Crippen molar-refractivity contribution in [1.29, 1.82) is 0 Å². The van der Waals surface area contributed by atoms with Crippen molar-refractivity contribution in [1.82, 2.24) is 9.97 Å². The van der Waals surface area contributed by atoms with Crippen LogP contribution in [0.15, 0.2) is 30.5 Å². The van der Waals surface area contributed by atoms with Crippen LogP contribution in [0.5, 0.6) is 11.5 Å². The van der Waals surface area contributed by atoms with Gasteiger partial charge >= 0.3 is 0 Å². The van der Waals surface area contributed by atoms with Crippen molar-refractivity contribution in [2.75, 3.05) is 31.1 Å². The average Bonchev–Trinajstić information content (AvgIpc) is 2.93. The highest BCUT2D eigenvalue weighted by molar-refractivity contribution is 5.46. The first-order valence-electron chi connectivity index (χ1n) is 6.35. The molecule has 1 N–H and O–H groups in total. The third kappa shape index (κ3) is 2.59. The molecule has 6 heteroatoms. The molecule has 2 aromatic rings. The zero-order chi connectivity index (χ0) is 13.9. The molecular weight excluding hydrogens is 256 g/mol. The van der Waals surface area contributed by atoms with E-state index in [4.69, 9.17) is 9.47 Å². The first-order valence-corrected chi connectivity index (χ1v) is 6.35. The van der Waals surface area contributed by atoms with Crippen LogP contribution in [-0.2, 0) is 6.54 Å². The lowest BCUT2D eigenvalue weighted by Gasteiger charge is -2.12. The van der Waals surface area contributed by atoms with Crippen LogP contribution in [0.4, 0.5) is 11.8 Å². The summed E-state index contributed by atoms with van der Waals surface area (Å²) in [6.07, 6.45) is 1.74. The molecule has 20 heavy (non-hydrogen) atoms. The number of anilines is 2. The Morgan fingerprint density at radius 3 is 2.90 bits per heavy atom. The van der Waals surface area contributed by atoms with Crippen molar-refractivity contribution < 1.29 is 9.47 Å². The third-order valence-electron chi connectivity index (χ3n) is 2.99. The molecule has 0 atom stereocenters. The fraction of sp³-hybridized carbons (Fsp3) is 0.286. The van der Waals surface area contributed by atoms with Gasteiger partial charge in [-0.15, -0.1) is 0 Å². The minimum absolute atomic E-state index is 0.292. The maximum Gasteiger partial charge on any atom is 0.231 e. The molecule has 0 spiro atoms. The van der Waals surface area contributed by atoms with E-state index in [0.29, 0.717) is 19.3 Å². The zero-order valence-corrected chi connectivity index (χ0v) is 11.5. The first kappa shape index (κ1) is 12.5. The summed E-state index contributed by atoms with van der Waals surface area (Å²) < 4.78 is 10.6. The summed E-state index contributed by atoms with van der Waals surface area (Å²) in [5, 5.41) is 3.20. The van der Waals surface area contributed by atoms with Gasteiger partial charge in [-0.2, -0.15) is 4.98 Å². The van der Waals surface area contributed by atoms with Crippen LogP contribution in [-0.4, -0.2) is 30.9 Å². The molecule has 0 saturated heterocycles. The van der Waals surface area contributed by atoms with Gasteiger partial charge in [0.15, 0.2) is 11.5 Å². The summed E-state index contributed by atoms with van der Waals surface area (Å²) >= 11 is 0. The monoisotopic (exact) mass is 272 g/mol. The first-order chi connectivity index (χ1) is 9.72. The van der Waals surface area contributed by atoms with E-state index in [0.717, 1.165) is 22.9 Å². The van der Waals surface area contributed by atoms with Crippen molar-refractivity contribution in [3.8, 4) is 11.5 Å². The Bertz CT molecular complexity index is 616. The van der Waals surface area contributed by atoms with Gasteiger partial charge in [0.05, 0.1) is 0 Å². The Hall–Kier alpha value is -2.50. The molecule has 1 aliphatic rings. The lowest BCUT2D eigenvalue weighted by molar-refractivity contribution is 0.174. The van der Waals surface area contributed by atoms with Crippen molar-refractivity contribution in [2.24, 2.45) is 0 Å². The summed E-state index contributed by atoms with van der Waals surface area (Å²) in [7, 11) is 3.90. The van der Waals surface area contributed by atoms with Crippen molar-refractivity contribution >= 4 is 11.8 Å². The van der Waals surface area contributed by atoms with Gasteiger partial charge in [0.2, 0.25) is 12.7 Å². The quantitative estimate of drug-likeness (QED) is 0.917. The van der Waals surface area contributed by atoms with Gasteiger partial charge in [-0.05, 0) is 23.8 Å². The topological polar surface area (TPSA) is 59.5 Å². The molecule has 3 rings (SSSR count). The summed E-state index contributed by atoms with van der Waals surface area (Å²) in [5.74, 6) is 3.05. The van der Waals surface area contributed by atoms with Crippen molar-refractivity contribution in [2.45, 2.75) is 6.54 Å². The average molecular weight is 272 g/mol. The molecular formula is C14H16N4O2. The van der Waals surface area contributed by atoms with Crippen LogP contribution in [0.1, 0.15) is 5.56 Å². The second-order valence-corrected chi connectivity index (χ2v) is 4.67. The molecule has 0 radical (unpaired) electrons. The molecule has 1 aliphatic heterocycles. The fourth-order valence-electron chi connectivity index (χ4n) is 1.92. The number of nitrogens with zero attached hydrogens (tertiary/aromatic N) is 3. The van der Waals surface area contributed by atoms with E-state index in [9.17, 15) is 0 Å². The lowest BCUT2D eigenvalue weighted by atomic mass is 10.2. The molecule has 1 aromatic heterocycles. The zero-order valence-electron chi connectivity index (χ0n) is 11.5. The Balaban J connectivity index is 1.69. The number of hydrogen-bond acceptors (Lipinski definition) is 6. The van der Waals surface area contributed by atoms with Gasteiger partial charge < -0.3 is 19.7 Å². The van der Waals surface area contributed by atoms with E-state index < -0.39 is 0 Å². The molecule has 0 aliphatic carbocycles. The van der Waals surface area contributed by atoms with Crippen molar-refractivity contribution in [3.63, 3.8) is 0 Å². The molecule has 1 aromatic carbocycles. The van der Waals surface area contributed by atoms with Crippen LogP contribution < -0.4 is 19.7 Å². The highest BCUT2D eigenvalue weighted by Gasteiger charge is 2.13. The number of rotatable bonds is 4. The Morgan fingerprint density at radius 1 is 1.20 bits per heavy atom. The number of benzene rings is 1. The van der Waals surface area contributed by atoms with E-state index >= 15 is 0 Å². The molecule has 0 unspecified atom stereocenters. The minimum Gasteiger partial charge on any atom is -0.454 e. The summed E-state index contributed by atoms with van der Waals surface area (Å²) in [4.78, 5) is 10.6. The number of fused-ring (bicyclic) bond motifs is 1. The predicted molar refractivity (Wildman–Crippen MR) is 76.3 cm³/mol. The van der Waals surface area contributed by atoms with E-state index in [1.165, 1.54) is 0 Å². The van der Waals surface area contributed by atoms with Gasteiger partial charge in [0.1, 0.15) is 5.82 Å². The predicted octanol–water partition coefficient (Wildman–Crippen LogP) is 1.88. The molecule has 2 heterocycles. The maximum atomic E-state index is 5.35. The smallest absolute Gasteiger partial charge is 0.231 e.